The number of benzene rings is 5. The molecule has 0 fully saturated rings. The van der Waals surface area contributed by atoms with E-state index in [0.29, 0.717) is 0 Å². The van der Waals surface area contributed by atoms with Gasteiger partial charge in [-0.3, -0.25) is 0 Å². The lowest BCUT2D eigenvalue weighted by atomic mass is 10.3. The highest BCUT2D eigenvalue weighted by Crippen LogP contribution is 2.54. The van der Waals surface area contributed by atoms with Gasteiger partial charge in [0.15, 0.2) is 0 Å². The minimum absolute atomic E-state index is 0.0718. The standard InChI is InChI=1S/C25H22OP.C6H6O/c1-26-21-17-19-25(20-18-21)27(22-11-5-2-6-12-22,23-13-7-3-8-14-23)24-15-9-4-10-16-24;7-6-4-2-1-3-5-6/h2-20H,1H3;1-5,7H/q+1;/p-1. The molecule has 0 saturated carbocycles. The van der Waals surface area contributed by atoms with Gasteiger partial charge < -0.3 is 9.84 Å². The van der Waals surface area contributed by atoms with Crippen LogP contribution >= 0.6 is 7.26 Å². The van der Waals surface area contributed by atoms with E-state index in [1.54, 1.807) is 19.2 Å². The first-order chi connectivity index (χ1) is 16.7. The van der Waals surface area contributed by atoms with Gasteiger partial charge in [0, 0.05) is 0 Å². The summed E-state index contributed by atoms with van der Waals surface area (Å²) in [6.45, 7) is 0. The molecule has 2 nitrogen and oxygen atoms in total. The quantitative estimate of drug-likeness (QED) is 0.342. The van der Waals surface area contributed by atoms with Gasteiger partial charge in [-0.25, -0.2) is 0 Å². The third kappa shape index (κ3) is 5.03. The Morgan fingerprint density at radius 2 is 0.765 bits per heavy atom. The SMILES string of the molecule is COc1ccc([P+](c2ccccc2)(c2ccccc2)c2ccccc2)cc1.[O-]c1ccccc1. The van der Waals surface area contributed by atoms with Crippen LogP contribution in [0.5, 0.6) is 11.5 Å². The molecule has 168 valence electrons. The molecule has 0 spiro atoms. The first-order valence-corrected chi connectivity index (χ1v) is 13.0. The van der Waals surface area contributed by atoms with E-state index in [0.717, 1.165) is 5.75 Å². The van der Waals surface area contributed by atoms with E-state index >= 15 is 0 Å². The molecule has 0 bridgehead atoms. The summed E-state index contributed by atoms with van der Waals surface area (Å²) in [7, 11) is -0.280. The van der Waals surface area contributed by atoms with E-state index in [-0.39, 0.29) is 5.75 Å². The zero-order chi connectivity index (χ0) is 23.6. The molecule has 0 aliphatic heterocycles. The van der Waals surface area contributed by atoms with Crippen LogP contribution in [0.3, 0.4) is 0 Å². The molecule has 0 N–H and O–H groups in total. The molecule has 5 aromatic carbocycles. The van der Waals surface area contributed by atoms with Crippen LogP contribution in [-0.2, 0) is 0 Å². The highest BCUT2D eigenvalue weighted by Gasteiger charge is 2.47. The lowest BCUT2D eigenvalue weighted by Crippen LogP contribution is -2.38. The van der Waals surface area contributed by atoms with Crippen LogP contribution in [-0.4, -0.2) is 7.11 Å². The minimum Gasteiger partial charge on any atom is -0.872 e. The van der Waals surface area contributed by atoms with Gasteiger partial charge in [-0.05, 0) is 60.7 Å². The van der Waals surface area contributed by atoms with Crippen molar-refractivity contribution >= 4 is 28.5 Å². The van der Waals surface area contributed by atoms with Crippen LogP contribution in [0.15, 0.2) is 146 Å². The van der Waals surface area contributed by atoms with Crippen LogP contribution in [0.2, 0.25) is 0 Å². The molecular weight excluding hydrogens is 435 g/mol. The van der Waals surface area contributed by atoms with Crippen molar-refractivity contribution < 1.29 is 9.84 Å². The van der Waals surface area contributed by atoms with Gasteiger partial charge in [-0.2, -0.15) is 0 Å². The van der Waals surface area contributed by atoms with E-state index in [1.165, 1.54) is 33.4 Å². The maximum absolute atomic E-state index is 10.3. The Morgan fingerprint density at radius 1 is 0.441 bits per heavy atom. The largest absolute Gasteiger partial charge is 0.872 e. The lowest BCUT2D eigenvalue weighted by molar-refractivity contribution is -0.268. The number of para-hydroxylation sites is 1. The Kier molecular flexibility index (Phi) is 7.75. The van der Waals surface area contributed by atoms with Crippen molar-refractivity contribution in [2.45, 2.75) is 0 Å². The minimum atomic E-state index is -1.99. The van der Waals surface area contributed by atoms with Gasteiger partial charge in [0.05, 0.1) is 7.11 Å². The Bertz CT molecular complexity index is 1160. The Balaban J connectivity index is 0.000000336. The van der Waals surface area contributed by atoms with E-state index in [9.17, 15) is 5.11 Å². The Hall–Kier alpha value is -3.87. The molecule has 0 heterocycles. The average Bonchev–Trinajstić information content (AvgIpc) is 2.92. The number of hydrogen-bond acceptors (Lipinski definition) is 2. The highest BCUT2D eigenvalue weighted by molar-refractivity contribution is 8.01. The molecule has 0 aliphatic carbocycles. The van der Waals surface area contributed by atoms with Gasteiger partial charge in [0.25, 0.3) is 0 Å². The van der Waals surface area contributed by atoms with Crippen LogP contribution in [0.25, 0.3) is 0 Å². The fourth-order valence-corrected chi connectivity index (χ4v) is 8.32. The second-order valence-corrected chi connectivity index (χ2v) is 11.1. The summed E-state index contributed by atoms with van der Waals surface area (Å²) in [5.41, 5.74) is 0. The molecule has 3 heteroatoms. The van der Waals surface area contributed by atoms with Crippen molar-refractivity contribution in [1.82, 2.24) is 0 Å². The maximum Gasteiger partial charge on any atom is 0.144 e. The summed E-state index contributed by atoms with van der Waals surface area (Å²) in [5, 5.41) is 15.7. The van der Waals surface area contributed by atoms with Crippen molar-refractivity contribution in [2.75, 3.05) is 7.11 Å². The molecule has 0 atom stereocenters. The lowest BCUT2D eigenvalue weighted by Gasteiger charge is -2.27. The number of ether oxygens (including phenoxy) is 1. The molecule has 0 unspecified atom stereocenters. The Labute approximate surface area is 202 Å². The number of methoxy groups -OCH3 is 1. The summed E-state index contributed by atoms with van der Waals surface area (Å²) < 4.78 is 5.41. The van der Waals surface area contributed by atoms with Crippen molar-refractivity contribution in [3.63, 3.8) is 0 Å². The smallest absolute Gasteiger partial charge is 0.144 e. The summed E-state index contributed by atoms with van der Waals surface area (Å²) in [6, 6.07) is 49.6. The summed E-state index contributed by atoms with van der Waals surface area (Å²) in [5.74, 6) is 0.952. The third-order valence-electron chi connectivity index (χ3n) is 5.63. The first-order valence-electron chi connectivity index (χ1n) is 11.2. The second-order valence-electron chi connectivity index (χ2n) is 7.69. The van der Waals surface area contributed by atoms with E-state index in [1.807, 2.05) is 6.07 Å². The highest BCUT2D eigenvalue weighted by atomic mass is 31.2. The topological polar surface area (TPSA) is 32.3 Å². The van der Waals surface area contributed by atoms with Gasteiger partial charge in [0.1, 0.15) is 34.2 Å². The molecule has 0 radical (unpaired) electrons. The zero-order valence-corrected chi connectivity index (χ0v) is 20.0. The van der Waals surface area contributed by atoms with E-state index in [2.05, 4.69) is 115 Å². The zero-order valence-electron chi connectivity index (χ0n) is 19.1. The fourth-order valence-electron chi connectivity index (χ4n) is 4.08. The molecule has 0 aliphatic rings. The number of hydrogen-bond donors (Lipinski definition) is 0. The summed E-state index contributed by atoms with van der Waals surface area (Å²) in [4.78, 5) is 0. The van der Waals surface area contributed by atoms with Crippen molar-refractivity contribution in [2.24, 2.45) is 0 Å². The van der Waals surface area contributed by atoms with E-state index < -0.39 is 7.26 Å². The van der Waals surface area contributed by atoms with Gasteiger partial charge >= 0.3 is 0 Å². The molecule has 34 heavy (non-hydrogen) atoms. The Morgan fingerprint density at radius 3 is 1.06 bits per heavy atom. The van der Waals surface area contributed by atoms with Gasteiger partial charge in [0.2, 0.25) is 0 Å². The van der Waals surface area contributed by atoms with Crippen LogP contribution in [0.4, 0.5) is 0 Å². The van der Waals surface area contributed by atoms with Crippen LogP contribution < -0.4 is 31.1 Å². The predicted octanol–water partition coefficient (Wildman–Crippen LogP) is 5.07. The van der Waals surface area contributed by atoms with Crippen molar-refractivity contribution in [3.05, 3.63) is 146 Å². The van der Waals surface area contributed by atoms with Crippen LogP contribution in [0.1, 0.15) is 0 Å². The normalized spacial score (nSPS) is 10.6. The number of rotatable bonds is 5. The summed E-state index contributed by atoms with van der Waals surface area (Å²) in [6.07, 6.45) is 0. The second kappa shape index (κ2) is 11.3. The molecule has 5 rings (SSSR count). The van der Waals surface area contributed by atoms with Crippen LogP contribution in [0, 0.1) is 0 Å². The summed E-state index contributed by atoms with van der Waals surface area (Å²) >= 11 is 0. The molecule has 0 aromatic heterocycles. The van der Waals surface area contributed by atoms with E-state index in [4.69, 9.17) is 4.74 Å². The molecule has 0 saturated heterocycles. The molecule has 0 amide bonds. The third-order valence-corrected chi connectivity index (χ3v) is 9.92. The molecule has 5 aromatic rings. The van der Waals surface area contributed by atoms with Gasteiger partial charge in [-0.1, -0.05) is 84.9 Å². The van der Waals surface area contributed by atoms with Crippen molar-refractivity contribution in [1.29, 1.82) is 0 Å². The monoisotopic (exact) mass is 462 g/mol. The van der Waals surface area contributed by atoms with Crippen molar-refractivity contribution in [3.8, 4) is 11.5 Å². The maximum atomic E-state index is 10.3. The molecular formula is C31H27O2P. The van der Waals surface area contributed by atoms with Gasteiger partial charge in [-0.15, -0.1) is 5.75 Å². The predicted molar refractivity (Wildman–Crippen MR) is 144 cm³/mol. The fraction of sp³-hybridized carbons (Fsp3) is 0.0323. The first kappa shape index (κ1) is 23.3. The average molecular weight is 463 g/mol.